The van der Waals surface area contributed by atoms with Crippen LogP contribution in [0.2, 0.25) is 0 Å². The molecule has 0 amide bonds. The largest absolute Gasteiger partial charge is 0.457 e. The van der Waals surface area contributed by atoms with Crippen LogP contribution in [-0.2, 0) is 6.42 Å². The molecule has 2 nitrogen and oxygen atoms in total. The van der Waals surface area contributed by atoms with E-state index in [9.17, 15) is 0 Å². The van der Waals surface area contributed by atoms with E-state index in [4.69, 9.17) is 4.74 Å². The zero-order chi connectivity index (χ0) is 23.1. The molecular weight excluding hydrogens is 414 g/mol. The number of aromatic nitrogens is 1. The fourth-order valence-electron chi connectivity index (χ4n) is 4.83. The Bertz CT molecular complexity index is 1620. The predicted octanol–water partition coefficient (Wildman–Crippen LogP) is 8.18. The van der Waals surface area contributed by atoms with Crippen molar-refractivity contribution in [1.82, 2.24) is 4.57 Å². The average molecular weight is 440 g/mol. The molecule has 6 rings (SSSR count). The highest BCUT2D eigenvalue weighted by Crippen LogP contribution is 2.36. The smallest absolute Gasteiger partial charge is 0.130 e. The number of aryl methyl sites for hydroxylation is 1. The number of rotatable bonds is 2. The first-order valence-corrected chi connectivity index (χ1v) is 11.6. The molecule has 2 heteroatoms. The first-order valence-electron chi connectivity index (χ1n) is 11.6. The standard InChI is InChI=1S/C32H25NO/c1-22-16-18-30-28(20-22)29-21-25(17-19-31(29)33(30)26-12-4-3-5-13-26)27-14-8-6-10-24-11-7-9-15-32(24)34-23(27)2/h3-9,11-21H,2,10H2,1H3/b8-6-,27-14?. The first-order chi connectivity index (χ1) is 16.7. The number of fused-ring (bicyclic) bond motifs is 4. The number of para-hydroxylation sites is 2. The van der Waals surface area contributed by atoms with E-state index < -0.39 is 0 Å². The third-order valence-corrected chi connectivity index (χ3v) is 6.49. The molecule has 5 aromatic rings. The van der Waals surface area contributed by atoms with Gasteiger partial charge in [0.05, 0.1) is 11.0 Å². The van der Waals surface area contributed by atoms with E-state index in [2.05, 4.69) is 109 Å². The van der Waals surface area contributed by atoms with Crippen LogP contribution in [0, 0.1) is 6.92 Å². The molecule has 1 aliphatic heterocycles. The molecule has 0 unspecified atom stereocenters. The average Bonchev–Trinajstić information content (AvgIpc) is 3.21. The molecule has 0 aliphatic carbocycles. The molecule has 0 saturated carbocycles. The normalized spacial score (nSPS) is 14.6. The van der Waals surface area contributed by atoms with Crippen LogP contribution in [0.15, 0.2) is 122 Å². The van der Waals surface area contributed by atoms with Gasteiger partial charge in [0.15, 0.2) is 0 Å². The maximum atomic E-state index is 6.27. The first kappa shape index (κ1) is 20.3. The maximum Gasteiger partial charge on any atom is 0.130 e. The summed E-state index contributed by atoms with van der Waals surface area (Å²) in [7, 11) is 0. The summed E-state index contributed by atoms with van der Waals surface area (Å²) in [6.45, 7) is 6.44. The van der Waals surface area contributed by atoms with Crippen LogP contribution < -0.4 is 4.74 Å². The highest BCUT2D eigenvalue weighted by atomic mass is 16.5. The van der Waals surface area contributed by atoms with Crippen LogP contribution in [0.4, 0.5) is 0 Å². The molecule has 0 saturated heterocycles. The second-order valence-corrected chi connectivity index (χ2v) is 8.77. The minimum atomic E-state index is 0.654. The van der Waals surface area contributed by atoms with Gasteiger partial charge in [0.2, 0.25) is 0 Å². The molecule has 0 bridgehead atoms. The maximum absolute atomic E-state index is 6.27. The van der Waals surface area contributed by atoms with Gasteiger partial charge in [-0.2, -0.15) is 0 Å². The van der Waals surface area contributed by atoms with Crippen LogP contribution >= 0.6 is 0 Å². The molecule has 34 heavy (non-hydrogen) atoms. The van der Waals surface area contributed by atoms with Gasteiger partial charge in [-0.05, 0) is 66.9 Å². The monoisotopic (exact) mass is 439 g/mol. The van der Waals surface area contributed by atoms with Crippen molar-refractivity contribution in [2.24, 2.45) is 0 Å². The molecule has 4 aromatic carbocycles. The van der Waals surface area contributed by atoms with Gasteiger partial charge < -0.3 is 9.30 Å². The summed E-state index contributed by atoms with van der Waals surface area (Å²) in [5, 5.41) is 2.47. The highest BCUT2D eigenvalue weighted by Gasteiger charge is 2.16. The van der Waals surface area contributed by atoms with Crippen molar-refractivity contribution in [3.05, 3.63) is 138 Å². The Kier molecular flexibility index (Phi) is 4.92. The number of hydrogen-bond acceptors (Lipinski definition) is 1. The lowest BCUT2D eigenvalue weighted by Crippen LogP contribution is -1.99. The van der Waals surface area contributed by atoms with Crippen LogP contribution in [0.5, 0.6) is 5.75 Å². The van der Waals surface area contributed by atoms with Crippen molar-refractivity contribution in [3.63, 3.8) is 0 Å². The Balaban J connectivity index is 1.54. The van der Waals surface area contributed by atoms with Crippen LogP contribution in [0.3, 0.4) is 0 Å². The lowest BCUT2D eigenvalue weighted by molar-refractivity contribution is 0.447. The molecule has 0 N–H and O–H groups in total. The fraction of sp³-hybridized carbons (Fsp3) is 0.0625. The van der Waals surface area contributed by atoms with Crippen molar-refractivity contribution in [2.75, 3.05) is 0 Å². The third kappa shape index (κ3) is 3.45. The van der Waals surface area contributed by atoms with Gasteiger partial charge >= 0.3 is 0 Å². The molecule has 1 aliphatic rings. The van der Waals surface area contributed by atoms with Crippen molar-refractivity contribution in [2.45, 2.75) is 13.3 Å². The van der Waals surface area contributed by atoms with Gasteiger partial charge in [-0.15, -0.1) is 0 Å². The van der Waals surface area contributed by atoms with Crippen molar-refractivity contribution >= 4 is 27.4 Å². The molecule has 164 valence electrons. The van der Waals surface area contributed by atoms with E-state index in [0.29, 0.717) is 5.76 Å². The van der Waals surface area contributed by atoms with Crippen LogP contribution in [0.25, 0.3) is 33.1 Å². The van der Waals surface area contributed by atoms with E-state index >= 15 is 0 Å². The number of hydrogen-bond donors (Lipinski definition) is 0. The molecule has 0 spiro atoms. The van der Waals surface area contributed by atoms with Crippen molar-refractivity contribution in [1.29, 1.82) is 0 Å². The SMILES string of the molecule is C=C1Oc2ccccc2C/C=C\C=C1c1ccc2c(c1)c1cc(C)ccc1n2-c1ccccc1. The molecule has 0 radical (unpaired) electrons. The molecular formula is C32H25NO. The quantitative estimate of drug-likeness (QED) is 0.270. The lowest BCUT2D eigenvalue weighted by Gasteiger charge is -2.14. The zero-order valence-electron chi connectivity index (χ0n) is 19.2. The summed E-state index contributed by atoms with van der Waals surface area (Å²) < 4.78 is 8.61. The second kappa shape index (κ2) is 8.24. The van der Waals surface area contributed by atoms with Gasteiger partial charge in [-0.25, -0.2) is 0 Å². The molecule has 0 fully saturated rings. The Morgan fingerprint density at radius 1 is 0.794 bits per heavy atom. The predicted molar refractivity (Wildman–Crippen MR) is 143 cm³/mol. The van der Waals surface area contributed by atoms with E-state index in [1.54, 1.807) is 0 Å². The van der Waals surface area contributed by atoms with Gasteiger partial charge in [-0.3, -0.25) is 0 Å². The second-order valence-electron chi connectivity index (χ2n) is 8.77. The van der Waals surface area contributed by atoms with Gasteiger partial charge in [0.1, 0.15) is 11.5 Å². The minimum absolute atomic E-state index is 0.654. The van der Waals surface area contributed by atoms with Crippen molar-refractivity contribution < 1.29 is 4.74 Å². The van der Waals surface area contributed by atoms with Crippen LogP contribution in [-0.4, -0.2) is 4.57 Å². The lowest BCUT2D eigenvalue weighted by atomic mass is 10.0. The summed E-state index contributed by atoms with van der Waals surface area (Å²) in [5.41, 5.74) is 8.04. The summed E-state index contributed by atoms with van der Waals surface area (Å²) >= 11 is 0. The zero-order valence-corrected chi connectivity index (χ0v) is 19.2. The van der Waals surface area contributed by atoms with Crippen LogP contribution in [0.1, 0.15) is 16.7 Å². The number of benzene rings is 4. The number of nitrogens with zero attached hydrogens (tertiary/aromatic N) is 1. The molecule has 1 aromatic heterocycles. The molecule has 2 heterocycles. The van der Waals surface area contributed by atoms with Crippen molar-refractivity contribution in [3.8, 4) is 11.4 Å². The van der Waals surface area contributed by atoms with Gasteiger partial charge in [-0.1, -0.05) is 78.9 Å². The Labute approximate surface area is 199 Å². The minimum Gasteiger partial charge on any atom is -0.457 e. The van der Waals surface area contributed by atoms with E-state index in [-0.39, 0.29) is 0 Å². The Morgan fingerprint density at radius 2 is 1.53 bits per heavy atom. The molecule has 0 atom stereocenters. The summed E-state index contributed by atoms with van der Waals surface area (Å²) in [6.07, 6.45) is 7.21. The number of ether oxygens (including phenoxy) is 1. The summed E-state index contributed by atoms with van der Waals surface area (Å²) in [4.78, 5) is 0. The van der Waals surface area contributed by atoms with E-state index in [1.165, 1.54) is 27.4 Å². The Morgan fingerprint density at radius 3 is 2.38 bits per heavy atom. The highest BCUT2D eigenvalue weighted by molar-refractivity contribution is 6.10. The topological polar surface area (TPSA) is 14.2 Å². The van der Waals surface area contributed by atoms with E-state index in [0.717, 1.165) is 34.6 Å². The third-order valence-electron chi connectivity index (χ3n) is 6.49. The fourth-order valence-corrected chi connectivity index (χ4v) is 4.83. The number of allylic oxidation sites excluding steroid dienone is 4. The summed E-state index contributed by atoms with van der Waals surface area (Å²) in [6, 6.07) is 32.0. The van der Waals surface area contributed by atoms with Gasteiger partial charge in [0, 0.05) is 22.0 Å². The Hall–Kier alpha value is -4.30. The summed E-state index contributed by atoms with van der Waals surface area (Å²) in [5.74, 6) is 1.52. The van der Waals surface area contributed by atoms with Gasteiger partial charge in [0.25, 0.3) is 0 Å². The van der Waals surface area contributed by atoms with E-state index in [1.807, 2.05) is 18.2 Å².